The van der Waals surface area contributed by atoms with Crippen LogP contribution < -0.4 is 10.6 Å². The Balaban J connectivity index is 1.98. The van der Waals surface area contributed by atoms with Crippen LogP contribution in [0.15, 0.2) is 54.6 Å². The third kappa shape index (κ3) is 11.0. The van der Waals surface area contributed by atoms with Gasteiger partial charge in [-0.15, -0.1) is 0 Å². The number of ether oxygens (including phenoxy) is 3. The van der Waals surface area contributed by atoms with E-state index in [-0.39, 0.29) is 38.4 Å². The van der Waals surface area contributed by atoms with Gasteiger partial charge in [0.05, 0.1) is 13.0 Å². The summed E-state index contributed by atoms with van der Waals surface area (Å²) in [5.74, 6) is -1.33. The fourth-order valence-electron chi connectivity index (χ4n) is 3.11. The zero-order valence-corrected chi connectivity index (χ0v) is 21.2. The minimum Gasteiger partial charge on any atom is -0.466 e. The van der Waals surface area contributed by atoms with Crippen molar-refractivity contribution in [3.63, 3.8) is 0 Å². The Labute approximate surface area is 211 Å². The van der Waals surface area contributed by atoms with Crippen molar-refractivity contribution >= 4 is 29.6 Å². The molecule has 0 unspecified atom stereocenters. The lowest BCUT2D eigenvalue weighted by Gasteiger charge is -2.24. The van der Waals surface area contributed by atoms with E-state index in [0.717, 1.165) is 11.1 Å². The molecule has 0 radical (unpaired) electrons. The van der Waals surface area contributed by atoms with Crippen molar-refractivity contribution in [1.29, 1.82) is 0 Å². The molecule has 1 atom stereocenters. The third-order valence-electron chi connectivity index (χ3n) is 4.74. The van der Waals surface area contributed by atoms with Gasteiger partial charge >= 0.3 is 18.0 Å². The minimum atomic E-state index is -0.975. The molecule has 0 spiro atoms. The van der Waals surface area contributed by atoms with Crippen LogP contribution in [0.3, 0.4) is 0 Å². The smallest absolute Gasteiger partial charge is 0.408 e. The second-order valence-electron chi connectivity index (χ2n) is 9.05. The van der Waals surface area contributed by atoms with Gasteiger partial charge in [0.1, 0.15) is 18.2 Å². The molecule has 0 bridgehead atoms. The number of benzene rings is 2. The fraction of sp³-hybridized carbons (Fsp3) is 0.407. The van der Waals surface area contributed by atoms with Gasteiger partial charge in [-0.05, 0) is 51.0 Å². The standard InChI is InChI=1S/C27H34N2O7/c1-5-34-24(31)16-15-23(30)28-21-13-11-19(12-14-21)17-22(25(32)36-27(2,3)4)29-26(33)35-18-20-9-7-6-8-10-20/h6-14,22H,5,15-18H2,1-4H3,(H,28,30)(H,29,33)/t22-/m0/s1. The van der Waals surface area contributed by atoms with Crippen LogP contribution >= 0.6 is 0 Å². The van der Waals surface area contributed by atoms with E-state index in [1.165, 1.54) is 0 Å². The molecule has 2 rings (SSSR count). The molecular formula is C27H34N2O7. The average Bonchev–Trinajstić information content (AvgIpc) is 2.82. The summed E-state index contributed by atoms with van der Waals surface area (Å²) < 4.78 is 15.5. The Hall–Kier alpha value is -3.88. The van der Waals surface area contributed by atoms with Crippen molar-refractivity contribution in [2.24, 2.45) is 0 Å². The van der Waals surface area contributed by atoms with Gasteiger partial charge < -0.3 is 24.8 Å². The summed E-state index contributed by atoms with van der Waals surface area (Å²) in [4.78, 5) is 48.6. The molecule has 0 saturated heterocycles. The summed E-state index contributed by atoms with van der Waals surface area (Å²) in [7, 11) is 0. The van der Waals surface area contributed by atoms with Crippen LogP contribution in [0.1, 0.15) is 51.7 Å². The van der Waals surface area contributed by atoms with Gasteiger partial charge in [0, 0.05) is 18.5 Å². The summed E-state index contributed by atoms with van der Waals surface area (Å²) in [6.07, 6.45) is -0.565. The molecule has 9 nitrogen and oxygen atoms in total. The highest BCUT2D eigenvalue weighted by molar-refractivity contribution is 5.92. The van der Waals surface area contributed by atoms with Gasteiger partial charge in [0.25, 0.3) is 0 Å². The number of carbonyl (C=O) groups is 4. The van der Waals surface area contributed by atoms with Crippen molar-refractivity contribution in [2.45, 2.75) is 65.2 Å². The summed E-state index contributed by atoms with van der Waals surface area (Å²) in [5.41, 5.74) is 1.36. The van der Waals surface area contributed by atoms with Crippen LogP contribution in [-0.2, 0) is 41.6 Å². The summed E-state index contributed by atoms with van der Waals surface area (Å²) in [5, 5.41) is 5.30. The summed E-state index contributed by atoms with van der Waals surface area (Å²) in [6.45, 7) is 7.28. The molecule has 0 fully saturated rings. The number of carbonyl (C=O) groups excluding carboxylic acids is 4. The molecule has 0 aliphatic rings. The maximum absolute atomic E-state index is 12.8. The number of rotatable bonds is 11. The van der Waals surface area contributed by atoms with Crippen LogP contribution in [0.4, 0.5) is 10.5 Å². The Morgan fingerprint density at radius 2 is 1.53 bits per heavy atom. The molecule has 194 valence electrons. The number of esters is 2. The molecule has 0 aliphatic heterocycles. The van der Waals surface area contributed by atoms with E-state index in [4.69, 9.17) is 14.2 Å². The first kappa shape index (κ1) is 28.4. The van der Waals surface area contributed by atoms with Gasteiger partial charge in [-0.1, -0.05) is 42.5 Å². The SMILES string of the molecule is CCOC(=O)CCC(=O)Nc1ccc(C[C@H](NC(=O)OCc2ccccc2)C(=O)OC(C)(C)C)cc1. The lowest BCUT2D eigenvalue weighted by molar-refractivity contribution is -0.157. The molecule has 2 N–H and O–H groups in total. The maximum atomic E-state index is 12.8. The Kier molecular flexibility index (Phi) is 10.9. The van der Waals surface area contributed by atoms with Gasteiger partial charge in [-0.25, -0.2) is 9.59 Å². The Morgan fingerprint density at radius 3 is 2.14 bits per heavy atom. The van der Waals surface area contributed by atoms with Crippen LogP contribution in [0.2, 0.25) is 0 Å². The van der Waals surface area contributed by atoms with Crippen LogP contribution in [-0.4, -0.2) is 42.2 Å². The van der Waals surface area contributed by atoms with Crippen LogP contribution in [0.5, 0.6) is 0 Å². The van der Waals surface area contributed by atoms with Gasteiger partial charge in [0.15, 0.2) is 0 Å². The number of hydrogen-bond acceptors (Lipinski definition) is 7. The molecule has 36 heavy (non-hydrogen) atoms. The zero-order chi connectivity index (χ0) is 26.6. The lowest BCUT2D eigenvalue weighted by Crippen LogP contribution is -2.45. The minimum absolute atomic E-state index is 0.00136. The molecule has 0 heterocycles. The normalized spacial score (nSPS) is 11.7. The van der Waals surface area contributed by atoms with Crippen LogP contribution in [0, 0.1) is 0 Å². The van der Waals surface area contributed by atoms with Crippen molar-refractivity contribution < 1.29 is 33.4 Å². The first-order valence-electron chi connectivity index (χ1n) is 11.8. The van der Waals surface area contributed by atoms with E-state index in [1.807, 2.05) is 30.3 Å². The highest BCUT2D eigenvalue weighted by atomic mass is 16.6. The number of alkyl carbamates (subject to hydrolysis) is 1. The third-order valence-corrected chi connectivity index (χ3v) is 4.74. The van der Waals surface area contributed by atoms with E-state index in [2.05, 4.69) is 10.6 Å². The molecule has 2 aromatic rings. The highest BCUT2D eigenvalue weighted by Gasteiger charge is 2.27. The quantitative estimate of drug-likeness (QED) is 0.353. The van der Waals surface area contributed by atoms with E-state index < -0.39 is 29.7 Å². The molecule has 2 aromatic carbocycles. The van der Waals surface area contributed by atoms with Gasteiger partial charge in [-0.3, -0.25) is 9.59 Å². The number of anilines is 1. The van der Waals surface area contributed by atoms with Crippen molar-refractivity contribution in [2.75, 3.05) is 11.9 Å². The maximum Gasteiger partial charge on any atom is 0.408 e. The summed E-state index contributed by atoms with van der Waals surface area (Å²) >= 11 is 0. The van der Waals surface area contributed by atoms with E-state index in [0.29, 0.717) is 5.69 Å². The van der Waals surface area contributed by atoms with Crippen molar-refractivity contribution in [3.05, 3.63) is 65.7 Å². The van der Waals surface area contributed by atoms with E-state index >= 15 is 0 Å². The average molecular weight is 499 g/mol. The predicted molar refractivity (Wildman–Crippen MR) is 134 cm³/mol. The van der Waals surface area contributed by atoms with Crippen molar-refractivity contribution in [3.8, 4) is 0 Å². The first-order valence-corrected chi connectivity index (χ1v) is 11.8. The first-order chi connectivity index (χ1) is 17.1. The Morgan fingerprint density at radius 1 is 0.861 bits per heavy atom. The lowest BCUT2D eigenvalue weighted by atomic mass is 10.0. The summed E-state index contributed by atoms with van der Waals surface area (Å²) in [6, 6.07) is 15.0. The molecule has 0 saturated carbocycles. The number of amides is 2. The van der Waals surface area contributed by atoms with Crippen molar-refractivity contribution in [1.82, 2.24) is 5.32 Å². The second kappa shape index (κ2) is 13.9. The monoisotopic (exact) mass is 498 g/mol. The van der Waals surface area contributed by atoms with Gasteiger partial charge in [0.2, 0.25) is 5.91 Å². The van der Waals surface area contributed by atoms with E-state index in [1.54, 1.807) is 52.0 Å². The topological polar surface area (TPSA) is 120 Å². The molecule has 9 heteroatoms. The number of nitrogens with one attached hydrogen (secondary N) is 2. The zero-order valence-electron chi connectivity index (χ0n) is 21.2. The molecule has 0 aliphatic carbocycles. The second-order valence-corrected chi connectivity index (χ2v) is 9.05. The Bertz CT molecular complexity index is 1010. The molecule has 2 amide bonds. The van der Waals surface area contributed by atoms with E-state index in [9.17, 15) is 19.2 Å². The number of hydrogen-bond donors (Lipinski definition) is 2. The predicted octanol–water partition coefficient (Wildman–Crippen LogP) is 4.15. The van der Waals surface area contributed by atoms with Gasteiger partial charge in [-0.2, -0.15) is 0 Å². The largest absolute Gasteiger partial charge is 0.466 e. The fourth-order valence-corrected chi connectivity index (χ4v) is 3.11. The highest BCUT2D eigenvalue weighted by Crippen LogP contribution is 2.15. The van der Waals surface area contributed by atoms with Crippen LogP contribution in [0.25, 0.3) is 0 Å². The molecular weight excluding hydrogens is 464 g/mol. The molecule has 0 aromatic heterocycles.